The summed E-state index contributed by atoms with van der Waals surface area (Å²) in [5, 5.41) is 0.196. The number of hydrogen-bond donors (Lipinski definition) is 2. The fourth-order valence-electron chi connectivity index (χ4n) is 0.839. The monoisotopic (exact) mass is 174 g/mol. The largest absolute Gasteiger partial charge is 0.469 e. The molecule has 10 heavy (non-hydrogen) atoms. The van der Waals surface area contributed by atoms with E-state index in [0.29, 0.717) is 0 Å². The molecule has 1 atom stereocenters. The molecule has 0 aliphatic heterocycles. The van der Waals surface area contributed by atoms with Crippen LogP contribution in [0.15, 0.2) is 16.7 Å². The highest BCUT2D eigenvalue weighted by Gasteiger charge is 2.08. The Morgan fingerprint density at radius 3 is 2.80 bits per heavy atom. The highest BCUT2D eigenvalue weighted by atomic mass is 32.1. The van der Waals surface area contributed by atoms with Gasteiger partial charge in [0.2, 0.25) is 0 Å². The smallest absolute Gasteiger partial charge is 0.105 e. The van der Waals surface area contributed by atoms with Gasteiger partial charge in [0.25, 0.3) is 0 Å². The molecule has 3 heteroatoms. The normalized spacial score (nSPS) is 13.5. The van der Waals surface area contributed by atoms with Crippen LogP contribution in [-0.2, 0) is 0 Å². The van der Waals surface area contributed by atoms with Crippen LogP contribution in [0, 0.1) is 6.92 Å². The first-order valence-corrected chi connectivity index (χ1v) is 4.23. The summed E-state index contributed by atoms with van der Waals surface area (Å²) < 4.78 is 5.10. The Balaban J connectivity index is 2.82. The molecule has 0 radical (unpaired) electrons. The summed E-state index contributed by atoms with van der Waals surface area (Å²) in [4.78, 5) is 0. The maximum Gasteiger partial charge on any atom is 0.105 e. The van der Waals surface area contributed by atoms with Gasteiger partial charge in [-0.2, -0.15) is 25.3 Å². The summed E-state index contributed by atoms with van der Waals surface area (Å²) in [5.74, 6) is 1.68. The lowest BCUT2D eigenvalue weighted by Gasteiger charge is -2.03. The second-order valence-corrected chi connectivity index (χ2v) is 3.12. The molecule has 0 bridgehead atoms. The molecular weight excluding hydrogens is 164 g/mol. The molecule has 1 unspecified atom stereocenters. The van der Waals surface area contributed by atoms with Crippen LogP contribution in [0.25, 0.3) is 0 Å². The third-order valence-corrected chi connectivity index (χ3v) is 2.54. The summed E-state index contributed by atoms with van der Waals surface area (Å²) in [6.45, 7) is 1.93. The van der Waals surface area contributed by atoms with Gasteiger partial charge in [-0.25, -0.2) is 0 Å². The molecule has 0 saturated heterocycles. The minimum absolute atomic E-state index is 0.196. The van der Waals surface area contributed by atoms with Crippen molar-refractivity contribution in [3.63, 3.8) is 0 Å². The van der Waals surface area contributed by atoms with Crippen molar-refractivity contribution in [2.24, 2.45) is 0 Å². The molecule has 0 spiro atoms. The van der Waals surface area contributed by atoms with Crippen molar-refractivity contribution in [1.82, 2.24) is 0 Å². The zero-order chi connectivity index (χ0) is 7.56. The van der Waals surface area contributed by atoms with Crippen molar-refractivity contribution in [3.8, 4) is 0 Å². The molecule has 0 N–H and O–H groups in total. The average molecular weight is 174 g/mol. The van der Waals surface area contributed by atoms with Crippen LogP contribution >= 0.6 is 25.3 Å². The van der Waals surface area contributed by atoms with Gasteiger partial charge in [-0.1, -0.05) is 0 Å². The lowest BCUT2D eigenvalue weighted by molar-refractivity contribution is 0.530. The molecule has 0 amide bonds. The molecule has 56 valence electrons. The maximum absolute atomic E-state index is 5.10. The van der Waals surface area contributed by atoms with E-state index in [4.69, 9.17) is 4.42 Å². The Hall–Kier alpha value is -0.0200. The first-order valence-electron chi connectivity index (χ1n) is 3.08. The van der Waals surface area contributed by atoms with Crippen LogP contribution in [0.5, 0.6) is 0 Å². The zero-order valence-electron chi connectivity index (χ0n) is 5.74. The zero-order valence-corrected chi connectivity index (χ0v) is 7.53. The van der Waals surface area contributed by atoms with Crippen molar-refractivity contribution < 1.29 is 4.42 Å². The number of thiol groups is 2. The summed E-state index contributed by atoms with van der Waals surface area (Å²) in [7, 11) is 0. The first kappa shape index (κ1) is 8.08. The van der Waals surface area contributed by atoms with Gasteiger partial charge in [-0.3, -0.25) is 0 Å². The minimum atomic E-state index is 0.196. The molecule has 0 saturated carbocycles. The average Bonchev–Trinajstić information content (AvgIpc) is 2.34. The van der Waals surface area contributed by atoms with Crippen molar-refractivity contribution in [2.75, 3.05) is 5.75 Å². The Labute approximate surface area is 71.6 Å². The highest BCUT2D eigenvalue weighted by molar-refractivity contribution is 7.84. The van der Waals surface area contributed by atoms with Crippen LogP contribution < -0.4 is 0 Å². The Morgan fingerprint density at radius 2 is 2.40 bits per heavy atom. The van der Waals surface area contributed by atoms with E-state index in [-0.39, 0.29) is 5.25 Å². The Morgan fingerprint density at radius 1 is 1.70 bits per heavy atom. The number of rotatable bonds is 2. The van der Waals surface area contributed by atoms with Crippen LogP contribution in [0.2, 0.25) is 0 Å². The van der Waals surface area contributed by atoms with E-state index in [1.807, 2.05) is 13.0 Å². The van der Waals surface area contributed by atoms with Crippen LogP contribution in [0.1, 0.15) is 16.6 Å². The van der Waals surface area contributed by atoms with Gasteiger partial charge in [-0.15, -0.1) is 0 Å². The number of aryl methyl sites for hydroxylation is 1. The predicted octanol–water partition coefficient (Wildman–Crippen LogP) is 2.49. The molecule has 0 fully saturated rings. The van der Waals surface area contributed by atoms with E-state index in [2.05, 4.69) is 25.3 Å². The third kappa shape index (κ3) is 1.52. The van der Waals surface area contributed by atoms with Gasteiger partial charge in [0.05, 0.1) is 6.26 Å². The van der Waals surface area contributed by atoms with Gasteiger partial charge in [0.1, 0.15) is 5.76 Å². The van der Waals surface area contributed by atoms with E-state index in [1.165, 1.54) is 0 Å². The molecule has 0 aliphatic rings. The van der Waals surface area contributed by atoms with Gasteiger partial charge in [0.15, 0.2) is 0 Å². The fourth-order valence-corrected chi connectivity index (χ4v) is 1.30. The van der Waals surface area contributed by atoms with E-state index in [0.717, 1.165) is 17.1 Å². The molecule has 1 aromatic heterocycles. The summed E-state index contributed by atoms with van der Waals surface area (Å²) in [6.07, 6.45) is 1.68. The predicted molar refractivity (Wildman–Crippen MR) is 49.0 cm³/mol. The van der Waals surface area contributed by atoms with E-state index < -0.39 is 0 Å². The topological polar surface area (TPSA) is 13.1 Å². The Kier molecular flexibility index (Phi) is 2.74. The van der Waals surface area contributed by atoms with Gasteiger partial charge < -0.3 is 4.42 Å². The molecule has 1 aromatic rings. The van der Waals surface area contributed by atoms with E-state index in [9.17, 15) is 0 Å². The summed E-state index contributed by atoms with van der Waals surface area (Å²) in [5.41, 5.74) is 1.14. The second kappa shape index (κ2) is 3.39. The SMILES string of the molecule is Cc1occc1C(S)CS. The van der Waals surface area contributed by atoms with Crippen LogP contribution in [0.3, 0.4) is 0 Å². The molecule has 1 nitrogen and oxygen atoms in total. The minimum Gasteiger partial charge on any atom is -0.469 e. The molecule has 1 rings (SSSR count). The quantitative estimate of drug-likeness (QED) is 0.657. The molecule has 1 heterocycles. The fraction of sp³-hybridized carbons (Fsp3) is 0.429. The van der Waals surface area contributed by atoms with Gasteiger partial charge >= 0.3 is 0 Å². The highest BCUT2D eigenvalue weighted by Crippen LogP contribution is 2.24. The lowest BCUT2D eigenvalue weighted by Crippen LogP contribution is -1.90. The van der Waals surface area contributed by atoms with E-state index in [1.54, 1.807) is 6.26 Å². The van der Waals surface area contributed by atoms with Crippen molar-refractivity contribution >= 4 is 25.3 Å². The summed E-state index contributed by atoms with van der Waals surface area (Å²) in [6, 6.07) is 1.93. The maximum atomic E-state index is 5.10. The number of furan rings is 1. The third-order valence-electron chi connectivity index (χ3n) is 1.43. The summed E-state index contributed by atoms with van der Waals surface area (Å²) >= 11 is 8.45. The molecule has 0 aromatic carbocycles. The van der Waals surface area contributed by atoms with Crippen LogP contribution in [0.4, 0.5) is 0 Å². The van der Waals surface area contributed by atoms with Crippen molar-refractivity contribution in [2.45, 2.75) is 12.2 Å². The van der Waals surface area contributed by atoms with Gasteiger partial charge in [0, 0.05) is 16.6 Å². The van der Waals surface area contributed by atoms with Gasteiger partial charge in [-0.05, 0) is 13.0 Å². The van der Waals surface area contributed by atoms with Crippen molar-refractivity contribution in [1.29, 1.82) is 0 Å². The van der Waals surface area contributed by atoms with Crippen LogP contribution in [-0.4, -0.2) is 5.75 Å². The van der Waals surface area contributed by atoms with E-state index >= 15 is 0 Å². The lowest BCUT2D eigenvalue weighted by atomic mass is 10.2. The second-order valence-electron chi connectivity index (χ2n) is 2.13. The first-order chi connectivity index (χ1) is 4.75. The standard InChI is InChI=1S/C7H10OS2/c1-5-6(2-3-8-5)7(10)4-9/h2-3,7,9-10H,4H2,1H3. The molecular formula is C7H10OS2. The number of hydrogen-bond acceptors (Lipinski definition) is 3. The van der Waals surface area contributed by atoms with Crippen molar-refractivity contribution in [3.05, 3.63) is 23.7 Å². The molecule has 0 aliphatic carbocycles. The Bertz CT molecular complexity index is 207.